The molecule has 0 spiro atoms. The topological polar surface area (TPSA) is 50.8 Å². The highest BCUT2D eigenvalue weighted by molar-refractivity contribution is 5.80. The van der Waals surface area contributed by atoms with E-state index in [9.17, 15) is 4.79 Å². The number of hydrogen-bond acceptors (Lipinski definition) is 5. The van der Waals surface area contributed by atoms with Gasteiger partial charge in [-0.2, -0.15) is 0 Å². The summed E-state index contributed by atoms with van der Waals surface area (Å²) >= 11 is 0. The Labute approximate surface area is 122 Å². The molecule has 20 heavy (non-hydrogen) atoms. The molecule has 0 radical (unpaired) electrons. The van der Waals surface area contributed by atoms with Crippen molar-refractivity contribution in [3.8, 4) is 0 Å². The van der Waals surface area contributed by atoms with Crippen molar-refractivity contribution >= 4 is 5.97 Å². The number of rotatable bonds is 10. The van der Waals surface area contributed by atoms with E-state index in [-0.39, 0.29) is 5.97 Å². The van der Waals surface area contributed by atoms with Crippen LogP contribution in [-0.4, -0.2) is 62.4 Å². The van der Waals surface area contributed by atoms with E-state index >= 15 is 0 Å². The van der Waals surface area contributed by atoms with Gasteiger partial charge >= 0.3 is 5.97 Å². The molecular formula is C15H28N2O3. The lowest BCUT2D eigenvalue weighted by Crippen LogP contribution is -2.53. The monoisotopic (exact) mass is 284 g/mol. The molecule has 2 fully saturated rings. The molecular weight excluding hydrogens is 256 g/mol. The van der Waals surface area contributed by atoms with Crippen LogP contribution in [-0.2, 0) is 14.3 Å². The minimum Gasteiger partial charge on any atom is -0.468 e. The Morgan fingerprint density at radius 1 is 1.25 bits per heavy atom. The van der Waals surface area contributed by atoms with Gasteiger partial charge in [-0.05, 0) is 39.0 Å². The fourth-order valence-electron chi connectivity index (χ4n) is 2.63. The van der Waals surface area contributed by atoms with Crippen LogP contribution in [0.1, 0.15) is 39.0 Å². The second-order valence-electron chi connectivity index (χ2n) is 6.25. The van der Waals surface area contributed by atoms with Crippen molar-refractivity contribution in [2.45, 2.75) is 56.7 Å². The summed E-state index contributed by atoms with van der Waals surface area (Å²) < 4.78 is 10.2. The van der Waals surface area contributed by atoms with Gasteiger partial charge in [0.2, 0.25) is 0 Å². The zero-order chi connectivity index (χ0) is 14.6. The maximum atomic E-state index is 12.1. The van der Waals surface area contributed by atoms with E-state index in [0.717, 1.165) is 26.1 Å². The highest BCUT2D eigenvalue weighted by Gasteiger charge is 2.40. The Kier molecular flexibility index (Phi) is 5.41. The van der Waals surface area contributed by atoms with Crippen LogP contribution < -0.4 is 5.32 Å². The van der Waals surface area contributed by atoms with Gasteiger partial charge in [-0.25, -0.2) is 0 Å². The van der Waals surface area contributed by atoms with Crippen molar-refractivity contribution in [2.75, 3.05) is 33.9 Å². The van der Waals surface area contributed by atoms with Crippen LogP contribution in [0.3, 0.4) is 0 Å². The van der Waals surface area contributed by atoms with E-state index in [1.54, 1.807) is 7.11 Å². The van der Waals surface area contributed by atoms with E-state index in [2.05, 4.69) is 10.2 Å². The summed E-state index contributed by atoms with van der Waals surface area (Å²) in [6.45, 7) is 4.58. The second kappa shape index (κ2) is 6.87. The largest absolute Gasteiger partial charge is 0.468 e. The molecule has 0 aromatic rings. The normalized spacial score (nSPS) is 21.8. The lowest BCUT2D eigenvalue weighted by atomic mass is 9.97. The third-order valence-electron chi connectivity index (χ3n) is 4.28. The molecule has 116 valence electrons. The number of ether oxygens (including phenoxy) is 2. The number of esters is 1. The highest BCUT2D eigenvalue weighted by Crippen LogP contribution is 2.29. The molecule has 2 aliphatic carbocycles. The van der Waals surface area contributed by atoms with Crippen molar-refractivity contribution in [1.82, 2.24) is 10.2 Å². The molecule has 5 nitrogen and oxygen atoms in total. The minimum atomic E-state index is -0.559. The average Bonchev–Trinajstić information content (AvgIpc) is 3.31. The third kappa shape index (κ3) is 4.43. The lowest BCUT2D eigenvalue weighted by molar-refractivity contribution is -0.148. The molecule has 0 aromatic carbocycles. The van der Waals surface area contributed by atoms with Crippen LogP contribution in [0.5, 0.6) is 0 Å². The Bertz CT molecular complexity index is 329. The van der Waals surface area contributed by atoms with E-state index in [4.69, 9.17) is 9.47 Å². The number of methoxy groups -OCH3 is 2. The summed E-state index contributed by atoms with van der Waals surface area (Å²) in [6, 6.07) is 1.18. The van der Waals surface area contributed by atoms with E-state index in [1.807, 2.05) is 6.92 Å². The van der Waals surface area contributed by atoms with Crippen LogP contribution in [0.25, 0.3) is 0 Å². The van der Waals surface area contributed by atoms with Crippen molar-refractivity contribution in [3.05, 3.63) is 0 Å². The first-order valence-corrected chi connectivity index (χ1v) is 7.68. The summed E-state index contributed by atoms with van der Waals surface area (Å²) in [6.07, 6.45) is 5.67. The van der Waals surface area contributed by atoms with Gasteiger partial charge in [0.15, 0.2) is 0 Å². The van der Waals surface area contributed by atoms with Gasteiger partial charge in [0.25, 0.3) is 0 Å². The van der Waals surface area contributed by atoms with E-state index < -0.39 is 5.54 Å². The second-order valence-corrected chi connectivity index (χ2v) is 6.25. The molecule has 0 heterocycles. The molecule has 0 bridgehead atoms. The number of hydrogen-bond donors (Lipinski definition) is 1. The first-order chi connectivity index (χ1) is 9.59. The fourth-order valence-corrected chi connectivity index (χ4v) is 2.63. The van der Waals surface area contributed by atoms with Gasteiger partial charge in [-0.15, -0.1) is 0 Å². The van der Waals surface area contributed by atoms with Crippen molar-refractivity contribution < 1.29 is 14.3 Å². The van der Waals surface area contributed by atoms with Gasteiger partial charge in [0.05, 0.1) is 13.7 Å². The number of carbonyl (C=O) groups excluding carboxylic acids is 1. The maximum absolute atomic E-state index is 12.1. The number of nitrogens with zero attached hydrogens (tertiary/aromatic N) is 1. The fraction of sp³-hybridized carbons (Fsp3) is 0.933. The molecule has 2 aliphatic rings. The van der Waals surface area contributed by atoms with E-state index in [0.29, 0.717) is 12.1 Å². The molecule has 2 rings (SSSR count). The smallest absolute Gasteiger partial charge is 0.325 e. The van der Waals surface area contributed by atoms with Crippen LogP contribution in [0.4, 0.5) is 0 Å². The molecule has 0 aromatic heterocycles. The Morgan fingerprint density at radius 2 is 1.95 bits per heavy atom. The van der Waals surface area contributed by atoms with Crippen LogP contribution in [0.2, 0.25) is 0 Å². The lowest BCUT2D eigenvalue weighted by Gasteiger charge is -2.31. The quantitative estimate of drug-likeness (QED) is 0.610. The van der Waals surface area contributed by atoms with Gasteiger partial charge in [-0.1, -0.05) is 0 Å². The summed E-state index contributed by atoms with van der Waals surface area (Å²) in [5, 5.41) is 3.46. The van der Waals surface area contributed by atoms with Crippen molar-refractivity contribution in [3.63, 3.8) is 0 Å². The van der Waals surface area contributed by atoms with Gasteiger partial charge in [0, 0.05) is 32.3 Å². The summed E-state index contributed by atoms with van der Waals surface area (Å²) in [4.78, 5) is 14.5. The average molecular weight is 284 g/mol. The standard InChI is InChI=1S/C15H28N2O3/c1-15(14(18)20-3,16-12-4-5-12)8-9-17(10-11-19-2)13-6-7-13/h12-13,16H,4-11H2,1-3H3. The molecule has 1 N–H and O–H groups in total. The molecule has 5 heteroatoms. The predicted molar refractivity (Wildman–Crippen MR) is 77.7 cm³/mol. The third-order valence-corrected chi connectivity index (χ3v) is 4.28. The highest BCUT2D eigenvalue weighted by atomic mass is 16.5. The number of carbonyl (C=O) groups is 1. The zero-order valence-corrected chi connectivity index (χ0v) is 13.0. The molecule has 1 unspecified atom stereocenters. The minimum absolute atomic E-state index is 0.146. The van der Waals surface area contributed by atoms with Crippen molar-refractivity contribution in [2.24, 2.45) is 0 Å². The summed E-state index contributed by atoms with van der Waals surface area (Å²) in [5.74, 6) is -0.146. The summed E-state index contributed by atoms with van der Waals surface area (Å²) in [7, 11) is 3.21. The first kappa shape index (κ1) is 15.7. The molecule has 0 aliphatic heterocycles. The molecule has 0 saturated heterocycles. The van der Waals surface area contributed by atoms with Crippen LogP contribution >= 0.6 is 0 Å². The SMILES string of the molecule is COCCN(CCC(C)(NC1CC1)C(=O)OC)C1CC1. The maximum Gasteiger partial charge on any atom is 0.325 e. The first-order valence-electron chi connectivity index (χ1n) is 7.68. The molecule has 1 atom stereocenters. The van der Waals surface area contributed by atoms with E-state index in [1.165, 1.54) is 32.8 Å². The zero-order valence-electron chi connectivity index (χ0n) is 13.0. The van der Waals surface area contributed by atoms with Crippen LogP contribution in [0.15, 0.2) is 0 Å². The number of nitrogens with one attached hydrogen (secondary N) is 1. The van der Waals surface area contributed by atoms with Crippen LogP contribution in [0, 0.1) is 0 Å². The Hall–Kier alpha value is -0.650. The van der Waals surface area contributed by atoms with Gasteiger partial charge < -0.3 is 9.47 Å². The molecule has 0 amide bonds. The Morgan fingerprint density at radius 3 is 2.45 bits per heavy atom. The summed E-state index contributed by atoms with van der Waals surface area (Å²) in [5.41, 5.74) is -0.559. The van der Waals surface area contributed by atoms with Gasteiger partial charge in [0.1, 0.15) is 5.54 Å². The molecule has 2 saturated carbocycles. The van der Waals surface area contributed by atoms with Crippen molar-refractivity contribution in [1.29, 1.82) is 0 Å². The van der Waals surface area contributed by atoms with Gasteiger partial charge in [-0.3, -0.25) is 15.0 Å². The Balaban J connectivity index is 1.86. The predicted octanol–water partition coefficient (Wildman–Crippen LogP) is 1.17.